The lowest BCUT2D eigenvalue weighted by Crippen LogP contribution is -2.35. The molecule has 3 nitrogen and oxygen atoms in total. The molecule has 1 aromatic heterocycles. The SMILES string of the molecule is Cn1ccc(C2(O)CC3CCC(C2)S3)n1. The molecule has 15 heavy (non-hydrogen) atoms. The van der Waals surface area contributed by atoms with E-state index in [9.17, 15) is 5.11 Å². The van der Waals surface area contributed by atoms with Crippen LogP contribution in [0.4, 0.5) is 0 Å². The summed E-state index contributed by atoms with van der Waals surface area (Å²) in [6, 6.07) is 1.95. The minimum Gasteiger partial charge on any atom is -0.383 e. The van der Waals surface area contributed by atoms with Crippen molar-refractivity contribution in [1.29, 1.82) is 0 Å². The zero-order valence-electron chi connectivity index (χ0n) is 8.89. The number of aryl methyl sites for hydroxylation is 1. The highest BCUT2D eigenvalue weighted by atomic mass is 32.2. The van der Waals surface area contributed by atoms with Crippen molar-refractivity contribution < 1.29 is 5.11 Å². The molecule has 3 heterocycles. The Bertz CT molecular complexity index is 364. The van der Waals surface area contributed by atoms with E-state index in [0.717, 1.165) is 18.5 Å². The molecule has 0 saturated carbocycles. The van der Waals surface area contributed by atoms with Crippen LogP contribution in [0.25, 0.3) is 0 Å². The van der Waals surface area contributed by atoms with Crippen LogP contribution in [0.1, 0.15) is 31.4 Å². The zero-order chi connectivity index (χ0) is 10.5. The highest BCUT2D eigenvalue weighted by molar-refractivity contribution is 8.00. The minimum atomic E-state index is -0.654. The van der Waals surface area contributed by atoms with Gasteiger partial charge in [-0.2, -0.15) is 16.9 Å². The number of aromatic nitrogens is 2. The van der Waals surface area contributed by atoms with E-state index in [4.69, 9.17) is 0 Å². The Hall–Kier alpha value is -0.480. The quantitative estimate of drug-likeness (QED) is 0.788. The fourth-order valence-electron chi connectivity index (χ4n) is 2.79. The van der Waals surface area contributed by atoms with Crippen molar-refractivity contribution in [1.82, 2.24) is 9.78 Å². The Morgan fingerprint density at radius 3 is 2.67 bits per heavy atom. The Labute approximate surface area is 93.9 Å². The molecular weight excluding hydrogens is 208 g/mol. The van der Waals surface area contributed by atoms with Gasteiger partial charge < -0.3 is 5.11 Å². The molecule has 2 fully saturated rings. The van der Waals surface area contributed by atoms with E-state index >= 15 is 0 Å². The van der Waals surface area contributed by atoms with Crippen LogP contribution in [0.3, 0.4) is 0 Å². The summed E-state index contributed by atoms with van der Waals surface area (Å²) in [6.07, 6.45) is 6.21. The van der Waals surface area contributed by atoms with Crippen molar-refractivity contribution in [3.8, 4) is 0 Å². The van der Waals surface area contributed by atoms with Crippen LogP contribution in [-0.2, 0) is 12.6 Å². The maximum absolute atomic E-state index is 10.6. The molecule has 1 N–H and O–H groups in total. The van der Waals surface area contributed by atoms with Crippen molar-refractivity contribution >= 4 is 11.8 Å². The summed E-state index contributed by atoms with van der Waals surface area (Å²) in [6.45, 7) is 0. The minimum absolute atomic E-state index is 0.649. The van der Waals surface area contributed by atoms with Crippen LogP contribution >= 0.6 is 11.8 Å². The number of fused-ring (bicyclic) bond motifs is 2. The van der Waals surface area contributed by atoms with Gasteiger partial charge in [0, 0.05) is 23.7 Å². The Kier molecular flexibility index (Phi) is 2.11. The fourth-order valence-corrected chi connectivity index (χ4v) is 4.62. The van der Waals surface area contributed by atoms with E-state index < -0.39 is 5.60 Å². The molecule has 2 aliphatic heterocycles. The average molecular weight is 224 g/mol. The third kappa shape index (κ3) is 1.60. The monoisotopic (exact) mass is 224 g/mol. The summed E-state index contributed by atoms with van der Waals surface area (Å²) in [4.78, 5) is 0. The van der Waals surface area contributed by atoms with Gasteiger partial charge in [0.1, 0.15) is 5.60 Å². The average Bonchev–Trinajstić information content (AvgIpc) is 2.74. The Morgan fingerprint density at radius 2 is 2.13 bits per heavy atom. The first-order valence-corrected chi connectivity index (χ1v) is 6.48. The van der Waals surface area contributed by atoms with Crippen molar-refractivity contribution in [2.24, 2.45) is 7.05 Å². The lowest BCUT2D eigenvalue weighted by Gasteiger charge is -2.34. The van der Waals surface area contributed by atoms with Crippen LogP contribution in [0.15, 0.2) is 12.3 Å². The third-order valence-corrected chi connectivity index (χ3v) is 5.09. The standard InChI is InChI=1S/C11H16N2OS/c1-13-5-4-10(12-13)11(14)6-8-2-3-9(7-11)15-8/h4-5,8-9,14H,2-3,6-7H2,1H3. The molecule has 2 bridgehead atoms. The lowest BCUT2D eigenvalue weighted by molar-refractivity contribution is 0.0148. The number of hydrogen-bond donors (Lipinski definition) is 1. The van der Waals surface area contributed by atoms with Crippen LogP contribution in [-0.4, -0.2) is 25.4 Å². The van der Waals surface area contributed by atoms with Gasteiger partial charge in [-0.3, -0.25) is 4.68 Å². The third-order valence-electron chi connectivity index (χ3n) is 3.52. The highest BCUT2D eigenvalue weighted by Crippen LogP contribution is 2.50. The smallest absolute Gasteiger partial charge is 0.110 e. The van der Waals surface area contributed by atoms with Gasteiger partial charge in [0.05, 0.1) is 5.69 Å². The maximum atomic E-state index is 10.6. The normalized spacial score (nSPS) is 39.6. The van der Waals surface area contributed by atoms with Crippen LogP contribution in [0.2, 0.25) is 0 Å². The summed E-state index contributed by atoms with van der Waals surface area (Å²) in [5, 5.41) is 16.3. The van der Waals surface area contributed by atoms with E-state index in [-0.39, 0.29) is 0 Å². The van der Waals surface area contributed by atoms with Crippen molar-refractivity contribution in [3.05, 3.63) is 18.0 Å². The number of hydrogen-bond acceptors (Lipinski definition) is 3. The van der Waals surface area contributed by atoms with Crippen LogP contribution in [0, 0.1) is 0 Å². The highest BCUT2D eigenvalue weighted by Gasteiger charge is 2.45. The maximum Gasteiger partial charge on any atom is 0.110 e. The van der Waals surface area contributed by atoms with Crippen molar-refractivity contribution in [2.45, 2.75) is 41.8 Å². The second-order valence-corrected chi connectivity index (χ2v) is 6.38. The lowest BCUT2D eigenvalue weighted by atomic mass is 9.90. The molecule has 2 unspecified atom stereocenters. The largest absolute Gasteiger partial charge is 0.383 e. The van der Waals surface area contributed by atoms with Gasteiger partial charge in [-0.05, 0) is 31.7 Å². The molecule has 2 atom stereocenters. The molecule has 0 amide bonds. The first-order valence-electron chi connectivity index (χ1n) is 5.54. The predicted molar refractivity (Wildman–Crippen MR) is 60.7 cm³/mol. The first-order chi connectivity index (χ1) is 7.16. The summed E-state index contributed by atoms with van der Waals surface area (Å²) in [7, 11) is 1.90. The Balaban J connectivity index is 1.90. The van der Waals surface area contributed by atoms with E-state index in [2.05, 4.69) is 16.9 Å². The molecule has 82 valence electrons. The molecule has 0 aliphatic carbocycles. The van der Waals surface area contributed by atoms with E-state index in [0.29, 0.717) is 10.5 Å². The van der Waals surface area contributed by atoms with E-state index in [1.165, 1.54) is 12.8 Å². The van der Waals surface area contributed by atoms with Gasteiger partial charge in [-0.25, -0.2) is 0 Å². The molecule has 4 heteroatoms. The summed E-state index contributed by atoms with van der Waals surface area (Å²) in [5.41, 5.74) is 0.209. The van der Waals surface area contributed by atoms with Crippen molar-refractivity contribution in [3.63, 3.8) is 0 Å². The van der Waals surface area contributed by atoms with Gasteiger partial charge in [0.2, 0.25) is 0 Å². The molecule has 1 aromatic rings. The van der Waals surface area contributed by atoms with Crippen LogP contribution < -0.4 is 0 Å². The number of thioether (sulfide) groups is 1. The summed E-state index contributed by atoms with van der Waals surface area (Å²) in [5.74, 6) is 0. The molecule has 0 radical (unpaired) electrons. The second kappa shape index (κ2) is 3.25. The van der Waals surface area contributed by atoms with Gasteiger partial charge in [0.25, 0.3) is 0 Å². The van der Waals surface area contributed by atoms with E-state index in [1.807, 2.05) is 19.3 Å². The number of rotatable bonds is 1. The van der Waals surface area contributed by atoms with Gasteiger partial charge in [0.15, 0.2) is 0 Å². The molecule has 2 aliphatic rings. The van der Waals surface area contributed by atoms with Crippen molar-refractivity contribution in [2.75, 3.05) is 0 Å². The van der Waals surface area contributed by atoms with Gasteiger partial charge in [-0.15, -0.1) is 0 Å². The fraction of sp³-hybridized carbons (Fsp3) is 0.727. The number of nitrogens with zero attached hydrogens (tertiary/aromatic N) is 2. The zero-order valence-corrected chi connectivity index (χ0v) is 9.70. The molecule has 2 saturated heterocycles. The topological polar surface area (TPSA) is 38.0 Å². The number of aliphatic hydroxyl groups is 1. The van der Waals surface area contributed by atoms with E-state index in [1.54, 1.807) is 4.68 Å². The second-order valence-electron chi connectivity index (χ2n) is 4.77. The van der Waals surface area contributed by atoms with Gasteiger partial charge in [-0.1, -0.05) is 0 Å². The molecule has 0 aromatic carbocycles. The van der Waals surface area contributed by atoms with Gasteiger partial charge >= 0.3 is 0 Å². The molecule has 0 spiro atoms. The van der Waals surface area contributed by atoms with Crippen LogP contribution in [0.5, 0.6) is 0 Å². The predicted octanol–water partition coefficient (Wildman–Crippen LogP) is 1.67. The summed E-state index contributed by atoms with van der Waals surface area (Å²) < 4.78 is 1.77. The summed E-state index contributed by atoms with van der Waals surface area (Å²) >= 11 is 2.06. The Morgan fingerprint density at radius 1 is 1.47 bits per heavy atom. The molecule has 3 rings (SSSR count). The molecular formula is C11H16N2OS. The first kappa shape index (κ1) is 9.73.